The first-order chi connectivity index (χ1) is 9.22. The Morgan fingerprint density at radius 3 is 2.68 bits per heavy atom. The molecule has 2 rings (SSSR count). The van der Waals surface area contributed by atoms with E-state index in [2.05, 4.69) is 4.98 Å². The normalized spacial score (nSPS) is 9.95. The molecule has 0 radical (unpaired) electrons. The molecule has 0 amide bonds. The Labute approximate surface area is 121 Å². The van der Waals surface area contributed by atoms with Crippen molar-refractivity contribution in [1.29, 1.82) is 5.26 Å². The van der Waals surface area contributed by atoms with Crippen LogP contribution in [-0.4, -0.2) is 4.98 Å². The maximum atomic E-state index is 8.75. The number of halogens is 2. The van der Waals surface area contributed by atoms with Crippen molar-refractivity contribution in [2.75, 3.05) is 0 Å². The molecule has 0 bridgehead atoms. The second-order valence-electron chi connectivity index (χ2n) is 3.83. The monoisotopic (exact) mass is 292 g/mol. The lowest BCUT2D eigenvalue weighted by Crippen LogP contribution is -1.97. The van der Waals surface area contributed by atoms with Gasteiger partial charge in [-0.2, -0.15) is 5.26 Å². The smallest absolute Gasteiger partial charge is 0.138 e. The third-order valence-corrected chi connectivity index (χ3v) is 3.14. The zero-order valence-electron chi connectivity index (χ0n) is 9.94. The average molecular weight is 293 g/mol. The highest BCUT2D eigenvalue weighted by atomic mass is 35.5. The minimum atomic E-state index is 0.326. The fraction of sp³-hybridized carbons (Fsp3) is 0.143. The summed E-state index contributed by atoms with van der Waals surface area (Å²) in [5, 5.41) is 9.27. The molecule has 0 aliphatic heterocycles. The minimum Gasteiger partial charge on any atom is -0.487 e. The highest BCUT2D eigenvalue weighted by molar-refractivity contribution is 6.31. The fourth-order valence-corrected chi connectivity index (χ4v) is 1.86. The summed E-state index contributed by atoms with van der Waals surface area (Å²) >= 11 is 11.7. The molecule has 0 fully saturated rings. The van der Waals surface area contributed by atoms with E-state index < -0.39 is 0 Å². The van der Waals surface area contributed by atoms with Crippen LogP contribution in [-0.2, 0) is 12.5 Å². The number of nitrogens with zero attached hydrogens (tertiary/aromatic N) is 2. The molecule has 1 heterocycles. The van der Waals surface area contributed by atoms with Gasteiger partial charge >= 0.3 is 0 Å². The van der Waals surface area contributed by atoms with Gasteiger partial charge in [0.1, 0.15) is 12.4 Å². The van der Waals surface area contributed by atoms with Crippen LogP contribution in [0.15, 0.2) is 36.5 Å². The second kappa shape index (κ2) is 6.42. The highest BCUT2D eigenvalue weighted by Gasteiger charge is 2.03. The number of pyridine rings is 1. The van der Waals surface area contributed by atoms with Gasteiger partial charge in [0.15, 0.2) is 0 Å². The summed E-state index contributed by atoms with van der Waals surface area (Å²) in [6.07, 6.45) is 1.62. The molecule has 0 spiro atoms. The van der Waals surface area contributed by atoms with Gasteiger partial charge in [0.25, 0.3) is 0 Å². The van der Waals surface area contributed by atoms with E-state index in [4.69, 9.17) is 33.2 Å². The van der Waals surface area contributed by atoms with Crippen molar-refractivity contribution in [2.24, 2.45) is 0 Å². The predicted molar refractivity (Wildman–Crippen MR) is 74.3 cm³/mol. The number of hydrogen-bond acceptors (Lipinski definition) is 3. The van der Waals surface area contributed by atoms with Gasteiger partial charge in [-0.1, -0.05) is 17.7 Å². The Balaban J connectivity index is 2.04. The Morgan fingerprint density at radius 1 is 1.26 bits per heavy atom. The molecule has 1 aromatic heterocycles. The topological polar surface area (TPSA) is 45.9 Å². The third kappa shape index (κ3) is 3.60. The molecule has 0 saturated carbocycles. The minimum absolute atomic E-state index is 0.326. The zero-order valence-corrected chi connectivity index (χ0v) is 11.4. The molecule has 0 aliphatic carbocycles. The van der Waals surface area contributed by atoms with Gasteiger partial charge in [0.05, 0.1) is 29.4 Å². The van der Waals surface area contributed by atoms with Crippen molar-refractivity contribution < 1.29 is 4.74 Å². The first kappa shape index (κ1) is 13.7. The molecule has 3 nitrogen and oxygen atoms in total. The molecule has 0 aliphatic rings. The average Bonchev–Trinajstić information content (AvgIpc) is 2.46. The van der Waals surface area contributed by atoms with Crippen LogP contribution in [0.2, 0.25) is 5.02 Å². The number of ether oxygens (including phenoxy) is 1. The van der Waals surface area contributed by atoms with E-state index in [0.717, 1.165) is 11.3 Å². The van der Waals surface area contributed by atoms with Gasteiger partial charge in [-0.15, -0.1) is 11.6 Å². The van der Waals surface area contributed by atoms with Gasteiger partial charge in [0.2, 0.25) is 0 Å². The van der Waals surface area contributed by atoms with E-state index in [-0.39, 0.29) is 0 Å². The van der Waals surface area contributed by atoms with E-state index in [1.807, 2.05) is 18.2 Å². The molecule has 0 atom stereocenters. The van der Waals surface area contributed by atoms with Crippen LogP contribution in [0.25, 0.3) is 0 Å². The van der Waals surface area contributed by atoms with Gasteiger partial charge in [-0.05, 0) is 24.3 Å². The van der Waals surface area contributed by atoms with Crippen LogP contribution >= 0.6 is 23.2 Å². The van der Waals surface area contributed by atoms with Crippen molar-refractivity contribution >= 4 is 23.2 Å². The Kier molecular flexibility index (Phi) is 4.62. The van der Waals surface area contributed by atoms with Crippen LogP contribution in [0.3, 0.4) is 0 Å². The Morgan fingerprint density at radius 2 is 2.11 bits per heavy atom. The summed E-state index contributed by atoms with van der Waals surface area (Å²) in [6.45, 7) is 0.326. The van der Waals surface area contributed by atoms with E-state index in [1.165, 1.54) is 0 Å². The molecule has 1 aromatic carbocycles. The van der Waals surface area contributed by atoms with Crippen LogP contribution in [0.4, 0.5) is 0 Å². The molecular weight excluding hydrogens is 283 g/mol. The number of rotatable bonds is 4. The quantitative estimate of drug-likeness (QED) is 0.802. The number of benzene rings is 1. The SMILES string of the molecule is N#Cc1ccc(COc2ccc(CCl)nc2)c(Cl)c1. The molecule has 0 N–H and O–H groups in total. The van der Waals surface area contributed by atoms with Crippen molar-refractivity contribution in [2.45, 2.75) is 12.5 Å². The molecule has 96 valence electrons. The van der Waals surface area contributed by atoms with Gasteiger partial charge in [-0.25, -0.2) is 0 Å². The van der Waals surface area contributed by atoms with Crippen LogP contribution in [0.5, 0.6) is 5.75 Å². The first-order valence-electron chi connectivity index (χ1n) is 5.55. The van der Waals surface area contributed by atoms with Gasteiger partial charge in [-0.3, -0.25) is 4.98 Å². The summed E-state index contributed by atoms with van der Waals surface area (Å²) in [5.74, 6) is 1.02. The van der Waals surface area contributed by atoms with Crippen molar-refractivity contribution in [1.82, 2.24) is 4.98 Å². The molecular formula is C14H10Cl2N2O. The number of hydrogen-bond donors (Lipinski definition) is 0. The third-order valence-electron chi connectivity index (χ3n) is 2.51. The lowest BCUT2D eigenvalue weighted by molar-refractivity contribution is 0.305. The standard InChI is InChI=1S/C14H10Cl2N2O/c15-6-12-3-4-13(8-18-12)19-9-11-2-1-10(7-17)5-14(11)16/h1-5,8H,6,9H2. The Bertz CT molecular complexity index is 606. The first-order valence-corrected chi connectivity index (χ1v) is 6.46. The Hall–Kier alpha value is -1.76. The van der Waals surface area contributed by atoms with E-state index in [9.17, 15) is 0 Å². The highest BCUT2D eigenvalue weighted by Crippen LogP contribution is 2.20. The van der Waals surface area contributed by atoms with Gasteiger partial charge < -0.3 is 4.74 Å². The molecule has 2 aromatic rings. The largest absolute Gasteiger partial charge is 0.487 e. The fourth-order valence-electron chi connectivity index (χ4n) is 1.47. The summed E-state index contributed by atoms with van der Waals surface area (Å²) in [6, 6.07) is 10.8. The molecule has 5 heteroatoms. The lowest BCUT2D eigenvalue weighted by atomic mass is 10.1. The molecule has 0 unspecified atom stereocenters. The van der Waals surface area contributed by atoms with Crippen molar-refractivity contribution in [3.63, 3.8) is 0 Å². The summed E-state index contributed by atoms with van der Waals surface area (Å²) < 4.78 is 5.57. The summed E-state index contributed by atoms with van der Waals surface area (Å²) in [5.41, 5.74) is 2.15. The predicted octanol–water partition coefficient (Wildman–Crippen LogP) is 3.92. The van der Waals surface area contributed by atoms with Crippen molar-refractivity contribution in [3.05, 3.63) is 58.4 Å². The van der Waals surface area contributed by atoms with Gasteiger partial charge in [0, 0.05) is 10.6 Å². The van der Waals surface area contributed by atoms with Crippen LogP contribution in [0, 0.1) is 11.3 Å². The molecule has 19 heavy (non-hydrogen) atoms. The number of alkyl halides is 1. The zero-order chi connectivity index (χ0) is 13.7. The van der Waals surface area contributed by atoms with Crippen molar-refractivity contribution in [3.8, 4) is 11.8 Å². The van der Waals surface area contributed by atoms with Crippen LogP contribution in [0.1, 0.15) is 16.8 Å². The summed E-state index contributed by atoms with van der Waals surface area (Å²) in [4.78, 5) is 4.13. The maximum Gasteiger partial charge on any atom is 0.138 e. The van der Waals surface area contributed by atoms with E-state index in [0.29, 0.717) is 28.8 Å². The van der Waals surface area contributed by atoms with E-state index in [1.54, 1.807) is 24.4 Å². The number of nitriles is 1. The van der Waals surface area contributed by atoms with E-state index >= 15 is 0 Å². The number of aromatic nitrogens is 1. The summed E-state index contributed by atoms with van der Waals surface area (Å²) in [7, 11) is 0. The molecule has 0 saturated heterocycles. The van der Waals surface area contributed by atoms with Crippen LogP contribution < -0.4 is 4.74 Å². The second-order valence-corrected chi connectivity index (χ2v) is 4.50. The maximum absolute atomic E-state index is 8.75. The lowest BCUT2D eigenvalue weighted by Gasteiger charge is -2.08.